The fourth-order valence-corrected chi connectivity index (χ4v) is 5.46. The van der Waals surface area contributed by atoms with E-state index in [-0.39, 0.29) is 4.83 Å². The van der Waals surface area contributed by atoms with E-state index in [9.17, 15) is 0 Å². The van der Waals surface area contributed by atoms with Gasteiger partial charge in [0.2, 0.25) is 0 Å². The second kappa shape index (κ2) is 5.14. The van der Waals surface area contributed by atoms with Crippen LogP contribution in [0.5, 0.6) is 0 Å². The number of hydrogen-bond acceptors (Lipinski definition) is 2. The first-order valence-corrected chi connectivity index (χ1v) is 8.53. The van der Waals surface area contributed by atoms with Gasteiger partial charge in [-0.3, -0.25) is 0 Å². The van der Waals surface area contributed by atoms with E-state index in [1.54, 1.807) is 11.3 Å². The molecule has 3 rings (SSSR count). The van der Waals surface area contributed by atoms with Crippen molar-refractivity contribution in [2.75, 3.05) is 0 Å². The van der Waals surface area contributed by atoms with Crippen LogP contribution >= 0.6 is 61.8 Å². The van der Waals surface area contributed by atoms with E-state index >= 15 is 0 Å². The topological polar surface area (TPSA) is 0 Å². The highest BCUT2D eigenvalue weighted by Gasteiger charge is 2.18. The summed E-state index contributed by atoms with van der Waals surface area (Å²) in [4.78, 5) is 1.35. The molecule has 0 fully saturated rings. The molecule has 92 valence electrons. The van der Waals surface area contributed by atoms with Crippen molar-refractivity contribution in [3.8, 4) is 0 Å². The molecule has 2 aromatic heterocycles. The normalized spacial score (nSPS) is 13.1. The van der Waals surface area contributed by atoms with Crippen LogP contribution in [0.2, 0.25) is 8.67 Å². The Morgan fingerprint density at radius 1 is 1.06 bits per heavy atom. The summed E-state index contributed by atoms with van der Waals surface area (Å²) < 4.78 is 2.76. The second-order valence-electron chi connectivity index (χ2n) is 3.83. The van der Waals surface area contributed by atoms with Crippen LogP contribution in [0.15, 0.2) is 36.4 Å². The van der Waals surface area contributed by atoms with Crippen molar-refractivity contribution in [2.24, 2.45) is 0 Å². The molecule has 0 saturated carbocycles. The van der Waals surface area contributed by atoms with Crippen LogP contribution in [0.4, 0.5) is 0 Å². The van der Waals surface area contributed by atoms with Gasteiger partial charge in [-0.05, 0) is 23.6 Å². The van der Waals surface area contributed by atoms with Crippen LogP contribution in [0.25, 0.3) is 10.1 Å². The van der Waals surface area contributed by atoms with Crippen LogP contribution in [0, 0.1) is 0 Å². The fourth-order valence-electron chi connectivity index (χ4n) is 1.81. The lowest BCUT2D eigenvalue weighted by atomic mass is 10.2. The number of fused-ring (bicyclic) bond motifs is 1. The second-order valence-corrected chi connectivity index (χ2v) is 8.15. The molecule has 1 aromatic carbocycles. The van der Waals surface area contributed by atoms with Gasteiger partial charge in [-0.2, -0.15) is 0 Å². The first-order valence-electron chi connectivity index (χ1n) is 5.22. The summed E-state index contributed by atoms with van der Waals surface area (Å²) in [6.45, 7) is 0. The number of thiophene rings is 2. The highest BCUT2D eigenvalue weighted by molar-refractivity contribution is 9.09. The number of rotatable bonds is 2. The number of benzene rings is 1. The van der Waals surface area contributed by atoms with E-state index in [0.717, 1.165) is 14.2 Å². The van der Waals surface area contributed by atoms with Gasteiger partial charge in [0.1, 0.15) is 0 Å². The molecule has 5 heteroatoms. The van der Waals surface area contributed by atoms with E-state index in [1.807, 2.05) is 6.07 Å². The van der Waals surface area contributed by atoms with Crippen molar-refractivity contribution in [3.05, 3.63) is 55.5 Å². The van der Waals surface area contributed by atoms with Crippen molar-refractivity contribution in [1.29, 1.82) is 0 Å². The van der Waals surface area contributed by atoms with E-state index in [1.165, 1.54) is 26.3 Å². The lowest BCUT2D eigenvalue weighted by Crippen LogP contribution is -1.86. The maximum absolute atomic E-state index is 6.20. The molecule has 0 aliphatic carbocycles. The average Bonchev–Trinajstić information content (AvgIpc) is 2.91. The van der Waals surface area contributed by atoms with Gasteiger partial charge in [0.25, 0.3) is 0 Å². The fraction of sp³-hybridized carbons (Fsp3) is 0.0769. The summed E-state index contributed by atoms with van der Waals surface area (Å²) >= 11 is 19.1. The lowest BCUT2D eigenvalue weighted by Gasteiger charge is -2.05. The quantitative estimate of drug-likeness (QED) is 0.433. The Kier molecular flexibility index (Phi) is 3.70. The van der Waals surface area contributed by atoms with Crippen LogP contribution in [0.3, 0.4) is 0 Å². The zero-order valence-electron chi connectivity index (χ0n) is 8.99. The third-order valence-electron chi connectivity index (χ3n) is 2.65. The van der Waals surface area contributed by atoms with Gasteiger partial charge < -0.3 is 0 Å². The maximum atomic E-state index is 6.20. The van der Waals surface area contributed by atoms with Gasteiger partial charge in [0.05, 0.1) is 13.5 Å². The van der Waals surface area contributed by atoms with Crippen LogP contribution in [0.1, 0.15) is 15.3 Å². The minimum absolute atomic E-state index is 0.103. The van der Waals surface area contributed by atoms with Crippen LogP contribution in [-0.4, -0.2) is 0 Å². The SMILES string of the molecule is Clc1cc(C(Br)c2cc3ccccc3s2)c(Cl)s1. The maximum Gasteiger partial charge on any atom is 0.0991 e. The van der Waals surface area contributed by atoms with Crippen molar-refractivity contribution < 1.29 is 0 Å². The van der Waals surface area contributed by atoms with Crippen molar-refractivity contribution in [3.63, 3.8) is 0 Å². The van der Waals surface area contributed by atoms with Gasteiger partial charge in [-0.15, -0.1) is 22.7 Å². The molecule has 1 atom stereocenters. The minimum Gasteiger partial charge on any atom is -0.139 e. The highest BCUT2D eigenvalue weighted by atomic mass is 79.9. The largest absolute Gasteiger partial charge is 0.139 e. The molecule has 0 bridgehead atoms. The van der Waals surface area contributed by atoms with Crippen molar-refractivity contribution in [2.45, 2.75) is 4.83 Å². The first kappa shape index (κ1) is 12.9. The Bertz CT molecular complexity index is 669. The minimum atomic E-state index is 0.103. The molecule has 3 aromatic rings. The smallest absolute Gasteiger partial charge is 0.0991 e. The van der Waals surface area contributed by atoms with Gasteiger partial charge >= 0.3 is 0 Å². The summed E-state index contributed by atoms with van der Waals surface area (Å²) in [6.07, 6.45) is 0. The molecule has 2 heterocycles. The number of alkyl halides is 1. The standard InChI is InChI=1S/C13H7BrCl2S2/c14-12(8-6-11(15)18-13(8)16)10-5-7-3-1-2-4-9(7)17-10/h1-6,12H. The lowest BCUT2D eigenvalue weighted by molar-refractivity contribution is 1.25. The molecule has 1 unspecified atom stereocenters. The summed E-state index contributed by atoms with van der Waals surface area (Å²) in [5, 5.41) is 1.26. The summed E-state index contributed by atoms with van der Waals surface area (Å²) in [5.41, 5.74) is 1.04. The van der Waals surface area contributed by atoms with E-state index in [0.29, 0.717) is 0 Å². The van der Waals surface area contributed by atoms with Gasteiger partial charge in [-0.25, -0.2) is 0 Å². The summed E-state index contributed by atoms with van der Waals surface area (Å²) in [7, 11) is 0. The Hall–Kier alpha value is -0.0600. The Morgan fingerprint density at radius 2 is 1.83 bits per heavy atom. The van der Waals surface area contributed by atoms with E-state index in [4.69, 9.17) is 23.2 Å². The van der Waals surface area contributed by atoms with Gasteiger partial charge in [-0.1, -0.05) is 57.3 Å². The van der Waals surface area contributed by atoms with Gasteiger partial charge in [0, 0.05) is 15.1 Å². The summed E-state index contributed by atoms with van der Waals surface area (Å²) in [6, 6.07) is 12.5. The first-order chi connectivity index (χ1) is 8.65. The zero-order valence-corrected chi connectivity index (χ0v) is 13.7. The Labute approximate surface area is 131 Å². The summed E-state index contributed by atoms with van der Waals surface area (Å²) in [5.74, 6) is 0. The average molecular weight is 378 g/mol. The Morgan fingerprint density at radius 3 is 2.50 bits per heavy atom. The third-order valence-corrected chi connectivity index (χ3v) is 6.64. The number of halogens is 3. The molecule has 0 aliphatic heterocycles. The molecular formula is C13H7BrCl2S2. The molecule has 0 radical (unpaired) electrons. The molecule has 18 heavy (non-hydrogen) atoms. The monoisotopic (exact) mass is 376 g/mol. The third kappa shape index (κ3) is 2.35. The molecule has 0 saturated heterocycles. The number of hydrogen-bond donors (Lipinski definition) is 0. The van der Waals surface area contributed by atoms with Crippen LogP contribution in [-0.2, 0) is 0 Å². The van der Waals surface area contributed by atoms with E-state index < -0.39 is 0 Å². The molecule has 0 aliphatic rings. The Balaban J connectivity index is 2.06. The van der Waals surface area contributed by atoms with E-state index in [2.05, 4.69) is 46.3 Å². The van der Waals surface area contributed by atoms with Crippen molar-refractivity contribution in [1.82, 2.24) is 0 Å². The van der Waals surface area contributed by atoms with Crippen LogP contribution < -0.4 is 0 Å². The predicted octanol–water partition coefficient (Wildman–Crippen LogP) is 6.75. The molecule has 0 spiro atoms. The van der Waals surface area contributed by atoms with Crippen molar-refractivity contribution >= 4 is 71.9 Å². The molecular weight excluding hydrogens is 371 g/mol. The van der Waals surface area contributed by atoms with Gasteiger partial charge in [0.15, 0.2) is 0 Å². The molecule has 0 amide bonds. The predicted molar refractivity (Wildman–Crippen MR) is 86.9 cm³/mol. The highest BCUT2D eigenvalue weighted by Crippen LogP contribution is 2.44. The molecule has 0 N–H and O–H groups in total. The molecule has 0 nitrogen and oxygen atoms in total. The zero-order chi connectivity index (χ0) is 12.7.